The van der Waals surface area contributed by atoms with E-state index in [9.17, 15) is 18.8 Å². The van der Waals surface area contributed by atoms with Gasteiger partial charge in [0.05, 0.1) is 22.3 Å². The molecule has 2 N–H and O–H groups in total. The smallest absolute Gasteiger partial charge is 0.269 e. The van der Waals surface area contributed by atoms with Crippen LogP contribution in [0.25, 0.3) is 16.6 Å². The largest absolute Gasteiger partial charge is 0.272 e. The molecule has 0 fully saturated rings. The average molecular weight is 477 g/mol. The molecule has 0 aliphatic carbocycles. The molecule has 0 aliphatic heterocycles. The van der Waals surface area contributed by atoms with Crippen LogP contribution in [0.5, 0.6) is 0 Å². The SMILES string of the molecule is Cc1cccc(C)c1-n1c(SCC(=O)NNC(=O)c2ccc(F)cc2)nc2ccccc2c1=O. The van der Waals surface area contributed by atoms with E-state index in [1.807, 2.05) is 32.0 Å². The minimum absolute atomic E-state index is 0.0978. The molecule has 1 aromatic heterocycles. The Morgan fingerprint density at radius 2 is 1.62 bits per heavy atom. The number of nitrogens with zero attached hydrogens (tertiary/aromatic N) is 2. The number of halogens is 1. The molecule has 3 aromatic carbocycles. The lowest BCUT2D eigenvalue weighted by Crippen LogP contribution is -2.42. The number of fused-ring (bicyclic) bond motifs is 1. The van der Waals surface area contributed by atoms with E-state index in [2.05, 4.69) is 15.8 Å². The van der Waals surface area contributed by atoms with Gasteiger partial charge in [0.25, 0.3) is 11.5 Å². The van der Waals surface area contributed by atoms with Gasteiger partial charge in [-0.3, -0.25) is 29.8 Å². The van der Waals surface area contributed by atoms with Crippen LogP contribution in [0.3, 0.4) is 0 Å². The maximum atomic E-state index is 13.4. The highest BCUT2D eigenvalue weighted by Crippen LogP contribution is 2.25. The van der Waals surface area contributed by atoms with Gasteiger partial charge in [-0.15, -0.1) is 0 Å². The number of para-hydroxylation sites is 2. The molecule has 9 heteroatoms. The van der Waals surface area contributed by atoms with E-state index in [1.165, 1.54) is 16.7 Å². The van der Waals surface area contributed by atoms with Crippen LogP contribution in [0, 0.1) is 19.7 Å². The van der Waals surface area contributed by atoms with Crippen LogP contribution < -0.4 is 16.4 Å². The van der Waals surface area contributed by atoms with Crippen molar-refractivity contribution in [3.8, 4) is 5.69 Å². The third kappa shape index (κ3) is 4.84. The van der Waals surface area contributed by atoms with Crippen LogP contribution in [0.2, 0.25) is 0 Å². The van der Waals surface area contributed by atoms with Crippen molar-refractivity contribution in [1.29, 1.82) is 0 Å². The number of rotatable bonds is 5. The first-order valence-electron chi connectivity index (χ1n) is 10.4. The summed E-state index contributed by atoms with van der Waals surface area (Å²) in [4.78, 5) is 42.6. The number of amides is 2. The van der Waals surface area contributed by atoms with Crippen LogP contribution in [0.4, 0.5) is 4.39 Å². The summed E-state index contributed by atoms with van der Waals surface area (Å²) < 4.78 is 14.6. The summed E-state index contributed by atoms with van der Waals surface area (Å²) in [5, 5.41) is 0.839. The Bertz CT molecular complexity index is 1430. The standard InChI is InChI=1S/C25H21FN4O3S/c1-15-6-5-7-16(2)22(15)30-24(33)19-8-3-4-9-20(19)27-25(30)34-14-21(31)28-29-23(32)17-10-12-18(26)13-11-17/h3-13H,14H2,1-2H3,(H,28,31)(H,29,32). The molecule has 172 valence electrons. The number of hydrogen-bond acceptors (Lipinski definition) is 5. The molecule has 2 amide bonds. The fourth-order valence-electron chi connectivity index (χ4n) is 3.53. The highest BCUT2D eigenvalue weighted by Gasteiger charge is 2.17. The molecule has 0 saturated heterocycles. The maximum absolute atomic E-state index is 13.4. The van der Waals surface area contributed by atoms with Crippen molar-refractivity contribution < 1.29 is 14.0 Å². The summed E-state index contributed by atoms with van der Waals surface area (Å²) in [5.74, 6) is -1.63. The molecule has 4 rings (SSSR count). The Hall–Kier alpha value is -3.98. The number of hydrogen-bond donors (Lipinski definition) is 2. The zero-order chi connectivity index (χ0) is 24.2. The lowest BCUT2D eigenvalue weighted by atomic mass is 10.1. The molecule has 0 atom stereocenters. The minimum Gasteiger partial charge on any atom is -0.272 e. The first kappa shape index (κ1) is 23.2. The highest BCUT2D eigenvalue weighted by atomic mass is 32.2. The monoisotopic (exact) mass is 476 g/mol. The van der Waals surface area contributed by atoms with E-state index in [0.29, 0.717) is 16.1 Å². The van der Waals surface area contributed by atoms with Gasteiger partial charge in [0.15, 0.2) is 5.16 Å². The third-order valence-corrected chi connectivity index (χ3v) is 6.10. The molecule has 0 radical (unpaired) electrons. The number of benzene rings is 3. The Labute approximate surface area is 199 Å². The predicted octanol–water partition coefficient (Wildman–Crippen LogP) is 3.69. The summed E-state index contributed by atoms with van der Waals surface area (Å²) >= 11 is 1.08. The van der Waals surface area contributed by atoms with E-state index in [4.69, 9.17) is 0 Å². The second-order valence-electron chi connectivity index (χ2n) is 7.59. The number of carbonyl (C=O) groups excluding carboxylic acids is 2. The van der Waals surface area contributed by atoms with Crippen LogP contribution in [0.1, 0.15) is 21.5 Å². The number of aromatic nitrogens is 2. The maximum Gasteiger partial charge on any atom is 0.269 e. The molecular weight excluding hydrogens is 455 g/mol. The van der Waals surface area contributed by atoms with Crippen molar-refractivity contribution in [2.24, 2.45) is 0 Å². The Morgan fingerprint density at radius 1 is 0.941 bits per heavy atom. The molecule has 7 nitrogen and oxygen atoms in total. The van der Waals surface area contributed by atoms with Gasteiger partial charge in [-0.1, -0.05) is 42.1 Å². The fraction of sp³-hybridized carbons (Fsp3) is 0.120. The first-order valence-corrected chi connectivity index (χ1v) is 11.4. The molecule has 0 saturated carbocycles. The average Bonchev–Trinajstić information content (AvgIpc) is 2.83. The second kappa shape index (κ2) is 9.88. The minimum atomic E-state index is -0.574. The van der Waals surface area contributed by atoms with E-state index in [0.717, 1.165) is 40.7 Å². The van der Waals surface area contributed by atoms with E-state index < -0.39 is 17.6 Å². The lowest BCUT2D eigenvalue weighted by molar-refractivity contribution is -0.119. The molecule has 0 spiro atoms. The highest BCUT2D eigenvalue weighted by molar-refractivity contribution is 7.99. The quantitative estimate of drug-likeness (QED) is 0.260. The molecule has 34 heavy (non-hydrogen) atoms. The second-order valence-corrected chi connectivity index (χ2v) is 8.53. The molecule has 0 aliphatic rings. The van der Waals surface area contributed by atoms with Gasteiger partial charge in [0.1, 0.15) is 5.82 Å². The number of nitrogens with one attached hydrogen (secondary N) is 2. The summed E-state index contributed by atoms with van der Waals surface area (Å²) in [6, 6.07) is 17.7. The normalized spacial score (nSPS) is 10.8. The third-order valence-electron chi connectivity index (χ3n) is 5.16. The van der Waals surface area contributed by atoms with Crippen molar-refractivity contribution >= 4 is 34.5 Å². The van der Waals surface area contributed by atoms with Gasteiger partial charge < -0.3 is 0 Å². The van der Waals surface area contributed by atoms with Gasteiger partial charge >= 0.3 is 0 Å². The Morgan fingerprint density at radius 3 is 2.32 bits per heavy atom. The zero-order valence-electron chi connectivity index (χ0n) is 18.5. The number of thioether (sulfide) groups is 1. The predicted molar refractivity (Wildman–Crippen MR) is 130 cm³/mol. The topological polar surface area (TPSA) is 93.1 Å². The summed E-state index contributed by atoms with van der Waals surface area (Å²) in [6.45, 7) is 3.83. The summed E-state index contributed by atoms with van der Waals surface area (Å²) in [7, 11) is 0. The molecule has 0 bridgehead atoms. The molecule has 1 heterocycles. The molecule has 4 aromatic rings. The van der Waals surface area contributed by atoms with Crippen molar-refractivity contribution in [1.82, 2.24) is 20.4 Å². The van der Waals surface area contributed by atoms with Crippen LogP contribution in [0.15, 0.2) is 76.7 Å². The number of carbonyl (C=O) groups is 2. The van der Waals surface area contributed by atoms with Gasteiger partial charge in [0, 0.05) is 5.56 Å². The van der Waals surface area contributed by atoms with Gasteiger partial charge in [0.2, 0.25) is 5.91 Å². The van der Waals surface area contributed by atoms with Crippen molar-refractivity contribution in [3.05, 3.63) is 99.6 Å². The first-order chi connectivity index (χ1) is 16.3. The zero-order valence-corrected chi connectivity index (χ0v) is 19.3. The van der Waals surface area contributed by atoms with E-state index in [1.54, 1.807) is 24.3 Å². The molecular formula is C25H21FN4O3S. The van der Waals surface area contributed by atoms with Crippen molar-refractivity contribution in [2.75, 3.05) is 5.75 Å². The number of hydrazine groups is 1. The van der Waals surface area contributed by atoms with Gasteiger partial charge in [-0.25, -0.2) is 9.37 Å². The Kier molecular flexibility index (Phi) is 6.74. The van der Waals surface area contributed by atoms with Crippen molar-refractivity contribution in [2.45, 2.75) is 19.0 Å². The van der Waals surface area contributed by atoms with Crippen LogP contribution in [-0.2, 0) is 4.79 Å². The van der Waals surface area contributed by atoms with Crippen LogP contribution in [-0.4, -0.2) is 27.1 Å². The van der Waals surface area contributed by atoms with Gasteiger partial charge in [-0.2, -0.15) is 0 Å². The summed E-state index contributed by atoms with van der Waals surface area (Å²) in [6.07, 6.45) is 0. The van der Waals surface area contributed by atoms with Gasteiger partial charge in [-0.05, 0) is 61.4 Å². The van der Waals surface area contributed by atoms with E-state index in [-0.39, 0.29) is 16.9 Å². The lowest BCUT2D eigenvalue weighted by Gasteiger charge is -2.17. The Balaban J connectivity index is 1.58. The van der Waals surface area contributed by atoms with E-state index >= 15 is 0 Å². The number of aryl methyl sites for hydroxylation is 2. The van der Waals surface area contributed by atoms with Crippen LogP contribution >= 0.6 is 11.8 Å². The molecule has 0 unspecified atom stereocenters. The van der Waals surface area contributed by atoms with Crippen molar-refractivity contribution in [3.63, 3.8) is 0 Å². The fourth-order valence-corrected chi connectivity index (χ4v) is 4.33. The summed E-state index contributed by atoms with van der Waals surface area (Å²) in [5.41, 5.74) is 7.66.